The number of thiophene rings is 1. The zero-order valence-corrected chi connectivity index (χ0v) is 18.2. The number of anilines is 1. The summed E-state index contributed by atoms with van der Waals surface area (Å²) in [6, 6.07) is 7.60. The van der Waals surface area contributed by atoms with Crippen LogP contribution < -0.4 is 5.32 Å². The second-order valence-corrected chi connectivity index (χ2v) is 9.69. The van der Waals surface area contributed by atoms with Crippen LogP contribution in [0.4, 0.5) is 5.00 Å². The molecule has 0 saturated carbocycles. The van der Waals surface area contributed by atoms with Gasteiger partial charge < -0.3 is 10.2 Å². The van der Waals surface area contributed by atoms with Crippen LogP contribution in [0.15, 0.2) is 24.3 Å². The molecule has 0 radical (unpaired) electrons. The highest BCUT2D eigenvalue weighted by molar-refractivity contribution is 7.17. The first-order chi connectivity index (χ1) is 14.0. The molecule has 1 aliphatic heterocycles. The number of likely N-dealkylation sites (tertiary alicyclic amines) is 1. The fraction of sp³-hybridized carbons (Fsp3) is 0.500. The second-order valence-electron chi connectivity index (χ2n) is 8.59. The van der Waals surface area contributed by atoms with Crippen molar-refractivity contribution in [3.8, 4) is 0 Å². The van der Waals surface area contributed by atoms with Crippen molar-refractivity contribution in [3.63, 3.8) is 0 Å². The predicted octanol–water partition coefficient (Wildman–Crippen LogP) is 5.45. The van der Waals surface area contributed by atoms with Crippen LogP contribution in [0.5, 0.6) is 0 Å². The minimum Gasteiger partial charge on any atom is -0.339 e. The summed E-state index contributed by atoms with van der Waals surface area (Å²) in [5, 5.41) is 3.83. The largest absolute Gasteiger partial charge is 0.339 e. The first kappa shape index (κ1) is 20.1. The molecule has 1 aromatic heterocycles. The van der Waals surface area contributed by atoms with Crippen LogP contribution in [0.1, 0.15) is 75.7 Å². The molecule has 0 bridgehead atoms. The zero-order chi connectivity index (χ0) is 20.4. The van der Waals surface area contributed by atoms with Crippen molar-refractivity contribution >= 4 is 28.2 Å². The van der Waals surface area contributed by atoms with Gasteiger partial charge in [-0.15, -0.1) is 11.3 Å². The molecule has 1 atom stereocenters. The lowest BCUT2D eigenvalue weighted by molar-refractivity contribution is 0.0761. The Balaban J connectivity index is 1.67. The molecule has 2 heterocycles. The van der Waals surface area contributed by atoms with Crippen LogP contribution >= 0.6 is 11.3 Å². The summed E-state index contributed by atoms with van der Waals surface area (Å²) >= 11 is 1.61. The molecule has 29 heavy (non-hydrogen) atoms. The first-order valence-electron chi connectivity index (χ1n) is 10.8. The predicted molar refractivity (Wildman–Crippen MR) is 119 cm³/mol. The lowest BCUT2D eigenvalue weighted by Crippen LogP contribution is -2.33. The smallest absolute Gasteiger partial charge is 0.257 e. The maximum Gasteiger partial charge on any atom is 0.257 e. The SMILES string of the molecule is Cc1cccc(C(=O)Nc2sc3c(c2C(=O)N2CCCCCC2)CC[C@@H](C)C3)c1. The van der Waals surface area contributed by atoms with E-state index in [0.717, 1.165) is 61.3 Å². The maximum atomic E-state index is 13.5. The first-order valence-corrected chi connectivity index (χ1v) is 11.7. The van der Waals surface area contributed by atoms with Gasteiger partial charge in [0, 0.05) is 23.5 Å². The lowest BCUT2D eigenvalue weighted by atomic mass is 9.88. The maximum absolute atomic E-state index is 13.5. The molecular formula is C24H30N2O2S. The van der Waals surface area contributed by atoms with Crippen LogP contribution in [0.25, 0.3) is 0 Å². The Bertz CT molecular complexity index is 910. The molecule has 1 saturated heterocycles. The number of aryl methyl sites for hydroxylation is 1. The van der Waals surface area contributed by atoms with Crippen molar-refractivity contribution in [2.24, 2.45) is 5.92 Å². The van der Waals surface area contributed by atoms with Crippen LogP contribution in [-0.4, -0.2) is 29.8 Å². The van der Waals surface area contributed by atoms with Gasteiger partial charge in [0.25, 0.3) is 11.8 Å². The Kier molecular flexibility index (Phi) is 6.04. The van der Waals surface area contributed by atoms with Gasteiger partial charge in [-0.1, -0.05) is 37.5 Å². The quantitative estimate of drug-likeness (QED) is 0.731. The summed E-state index contributed by atoms with van der Waals surface area (Å²) in [7, 11) is 0. The summed E-state index contributed by atoms with van der Waals surface area (Å²) in [6.45, 7) is 5.90. The van der Waals surface area contributed by atoms with Crippen LogP contribution in [-0.2, 0) is 12.8 Å². The highest BCUT2D eigenvalue weighted by Crippen LogP contribution is 2.40. The van der Waals surface area contributed by atoms with Crippen molar-refractivity contribution in [1.82, 2.24) is 4.90 Å². The number of carbonyl (C=O) groups is 2. The molecule has 1 aromatic carbocycles. The van der Waals surface area contributed by atoms with Crippen molar-refractivity contribution in [2.45, 2.75) is 58.8 Å². The standard InChI is InChI=1S/C24H30N2O2S/c1-16-8-7-9-18(14-16)22(27)25-23-21(19-11-10-17(2)15-20(19)29-23)24(28)26-12-5-3-4-6-13-26/h7-9,14,17H,3-6,10-13,15H2,1-2H3,(H,25,27)/t17-/m1/s1. The number of amides is 2. The van der Waals surface area contributed by atoms with E-state index in [4.69, 9.17) is 0 Å². The molecule has 1 N–H and O–H groups in total. The molecule has 2 aromatic rings. The summed E-state index contributed by atoms with van der Waals surface area (Å²) in [6.07, 6.45) is 7.57. The highest BCUT2D eigenvalue weighted by Gasteiger charge is 2.31. The van der Waals surface area contributed by atoms with Gasteiger partial charge in [0.05, 0.1) is 5.56 Å². The number of nitrogens with one attached hydrogen (secondary N) is 1. The number of hydrogen-bond donors (Lipinski definition) is 1. The molecule has 4 rings (SSSR count). The van der Waals surface area contributed by atoms with Crippen LogP contribution in [0.3, 0.4) is 0 Å². The average molecular weight is 411 g/mol. The molecule has 154 valence electrons. The molecule has 1 fully saturated rings. The minimum atomic E-state index is -0.134. The molecule has 1 aliphatic carbocycles. The van der Waals surface area contributed by atoms with Gasteiger partial charge in [-0.3, -0.25) is 9.59 Å². The monoisotopic (exact) mass is 410 g/mol. The number of rotatable bonds is 3. The number of hydrogen-bond acceptors (Lipinski definition) is 3. The molecule has 4 nitrogen and oxygen atoms in total. The van der Waals surface area contributed by atoms with E-state index in [9.17, 15) is 9.59 Å². The molecule has 2 amide bonds. The minimum absolute atomic E-state index is 0.110. The van der Waals surface area contributed by atoms with Gasteiger partial charge in [0.2, 0.25) is 0 Å². The van der Waals surface area contributed by atoms with Crippen molar-refractivity contribution < 1.29 is 9.59 Å². The summed E-state index contributed by atoms with van der Waals surface area (Å²) in [5.41, 5.74) is 3.64. The van der Waals surface area contributed by atoms with E-state index in [-0.39, 0.29) is 11.8 Å². The average Bonchev–Trinajstić information content (AvgIpc) is 2.87. The van der Waals surface area contributed by atoms with E-state index in [0.29, 0.717) is 11.5 Å². The lowest BCUT2D eigenvalue weighted by Gasteiger charge is -2.23. The van der Waals surface area contributed by atoms with Crippen molar-refractivity contribution in [2.75, 3.05) is 18.4 Å². The Morgan fingerprint density at radius 2 is 1.90 bits per heavy atom. The van der Waals surface area contributed by atoms with Gasteiger partial charge in [0.15, 0.2) is 0 Å². The Labute approximate surface area is 177 Å². The number of carbonyl (C=O) groups excluding carboxylic acids is 2. The van der Waals surface area contributed by atoms with Gasteiger partial charge in [-0.05, 0) is 62.6 Å². The Morgan fingerprint density at radius 1 is 1.14 bits per heavy atom. The van der Waals surface area contributed by atoms with E-state index >= 15 is 0 Å². The highest BCUT2D eigenvalue weighted by atomic mass is 32.1. The summed E-state index contributed by atoms with van der Waals surface area (Å²) in [4.78, 5) is 29.8. The van der Waals surface area contributed by atoms with Crippen LogP contribution in [0, 0.1) is 12.8 Å². The molecule has 2 aliphatic rings. The third kappa shape index (κ3) is 4.40. The fourth-order valence-corrected chi connectivity index (χ4v) is 5.86. The topological polar surface area (TPSA) is 49.4 Å². The van der Waals surface area contributed by atoms with E-state index in [2.05, 4.69) is 12.2 Å². The van der Waals surface area contributed by atoms with E-state index in [1.165, 1.54) is 23.3 Å². The third-order valence-corrected chi connectivity index (χ3v) is 7.30. The zero-order valence-electron chi connectivity index (χ0n) is 17.4. The molecule has 5 heteroatoms. The second kappa shape index (κ2) is 8.70. The third-order valence-electron chi connectivity index (χ3n) is 6.13. The van der Waals surface area contributed by atoms with Crippen LogP contribution in [0.2, 0.25) is 0 Å². The van der Waals surface area contributed by atoms with Gasteiger partial charge in [-0.25, -0.2) is 0 Å². The van der Waals surface area contributed by atoms with Crippen molar-refractivity contribution in [3.05, 3.63) is 51.4 Å². The molecule has 0 unspecified atom stereocenters. The Hall–Kier alpha value is -2.14. The molecular weight excluding hydrogens is 380 g/mol. The Morgan fingerprint density at radius 3 is 2.62 bits per heavy atom. The van der Waals surface area contributed by atoms with E-state index in [1.54, 1.807) is 11.3 Å². The summed E-state index contributed by atoms with van der Waals surface area (Å²) < 4.78 is 0. The molecule has 0 spiro atoms. The van der Waals surface area contributed by atoms with E-state index < -0.39 is 0 Å². The fourth-order valence-electron chi connectivity index (χ4n) is 4.46. The van der Waals surface area contributed by atoms with Crippen molar-refractivity contribution in [1.29, 1.82) is 0 Å². The van der Waals surface area contributed by atoms with Gasteiger partial charge in [0.1, 0.15) is 5.00 Å². The number of nitrogens with zero attached hydrogens (tertiary/aromatic N) is 1. The van der Waals surface area contributed by atoms with Gasteiger partial charge >= 0.3 is 0 Å². The number of benzene rings is 1. The summed E-state index contributed by atoms with van der Waals surface area (Å²) in [5.74, 6) is 0.603. The van der Waals surface area contributed by atoms with E-state index in [1.807, 2.05) is 36.1 Å². The van der Waals surface area contributed by atoms with Gasteiger partial charge in [-0.2, -0.15) is 0 Å². The number of fused-ring (bicyclic) bond motifs is 1. The normalized spacial score (nSPS) is 19.4.